The summed E-state index contributed by atoms with van der Waals surface area (Å²) in [5, 5.41) is 0. The van der Waals surface area contributed by atoms with Crippen molar-refractivity contribution < 1.29 is 19.0 Å². The number of piperidine rings is 1. The van der Waals surface area contributed by atoms with E-state index in [0.717, 1.165) is 50.1 Å². The molecule has 0 amide bonds. The quantitative estimate of drug-likeness (QED) is 0.516. The normalized spacial score (nSPS) is 41.1. The van der Waals surface area contributed by atoms with E-state index in [1.165, 1.54) is 11.1 Å². The summed E-state index contributed by atoms with van der Waals surface area (Å²) in [4.78, 5) is 15.4. The second-order valence-electron chi connectivity index (χ2n) is 10.3. The number of hydrogen-bond donors (Lipinski definition) is 0. The van der Waals surface area contributed by atoms with Gasteiger partial charge in [-0.25, -0.2) is 0 Å². The molecule has 6 aliphatic rings. The number of benzene rings is 1. The summed E-state index contributed by atoms with van der Waals surface area (Å²) < 4.78 is 19.4. The SMILES string of the molecule is CCCCOc1ccc2c3c1O[C@@H]1[C@]34CCN(C)[C@H](C2)[C@]42C=C[C@@]1(OC)C(C(C)=O)C2. The summed E-state index contributed by atoms with van der Waals surface area (Å²) in [5.74, 6) is 1.79. The summed E-state index contributed by atoms with van der Waals surface area (Å²) in [7, 11) is 3.99. The number of unbranched alkanes of at least 4 members (excludes halogenated alkanes) is 1. The minimum absolute atomic E-state index is 0.110. The lowest BCUT2D eigenvalue weighted by molar-refractivity contribution is -0.212. The Morgan fingerprint density at radius 1 is 1.32 bits per heavy atom. The van der Waals surface area contributed by atoms with E-state index in [4.69, 9.17) is 14.2 Å². The van der Waals surface area contributed by atoms with Crippen molar-refractivity contribution >= 4 is 5.78 Å². The zero-order chi connectivity index (χ0) is 21.6. The van der Waals surface area contributed by atoms with E-state index >= 15 is 0 Å². The van der Waals surface area contributed by atoms with Gasteiger partial charge in [-0.05, 0) is 57.8 Å². The van der Waals surface area contributed by atoms with E-state index in [9.17, 15) is 4.79 Å². The molecule has 7 rings (SSSR count). The Morgan fingerprint density at radius 3 is 2.90 bits per heavy atom. The Labute approximate surface area is 184 Å². The lowest BCUT2D eigenvalue weighted by atomic mass is 9.37. The van der Waals surface area contributed by atoms with Crippen molar-refractivity contribution in [3.05, 3.63) is 35.4 Å². The second kappa shape index (κ2) is 6.35. The van der Waals surface area contributed by atoms with E-state index in [0.29, 0.717) is 12.6 Å². The molecular weight excluding hydrogens is 390 g/mol. The maximum Gasteiger partial charge on any atom is 0.166 e. The zero-order valence-corrected chi connectivity index (χ0v) is 19.1. The summed E-state index contributed by atoms with van der Waals surface area (Å²) in [6.45, 7) is 5.63. The molecule has 31 heavy (non-hydrogen) atoms. The highest BCUT2D eigenvalue weighted by Crippen LogP contribution is 2.74. The first-order chi connectivity index (χ1) is 14.9. The van der Waals surface area contributed by atoms with Crippen molar-refractivity contribution in [2.24, 2.45) is 11.3 Å². The van der Waals surface area contributed by atoms with E-state index in [1.54, 1.807) is 14.0 Å². The lowest BCUT2D eigenvalue weighted by Gasteiger charge is -2.70. The van der Waals surface area contributed by atoms with Gasteiger partial charge in [0.25, 0.3) is 0 Å². The van der Waals surface area contributed by atoms with Crippen molar-refractivity contribution in [2.45, 2.75) is 69.1 Å². The Balaban J connectivity index is 1.60. The smallest absolute Gasteiger partial charge is 0.166 e. The number of carbonyl (C=O) groups excluding carboxylic acids is 1. The first-order valence-corrected chi connectivity index (χ1v) is 11.9. The Bertz CT molecular complexity index is 988. The third kappa shape index (κ3) is 2.08. The van der Waals surface area contributed by atoms with Crippen LogP contribution in [0.5, 0.6) is 11.5 Å². The van der Waals surface area contributed by atoms with Crippen LogP contribution in [0.4, 0.5) is 0 Å². The van der Waals surface area contributed by atoms with Crippen molar-refractivity contribution in [3.8, 4) is 11.5 Å². The monoisotopic (exact) mass is 423 g/mol. The number of likely N-dealkylation sites (N-methyl/N-ethyl adjacent to an activating group) is 1. The predicted molar refractivity (Wildman–Crippen MR) is 118 cm³/mol. The van der Waals surface area contributed by atoms with E-state index < -0.39 is 5.60 Å². The van der Waals surface area contributed by atoms with Crippen LogP contribution < -0.4 is 9.47 Å². The molecule has 166 valence electrons. The fraction of sp³-hybridized carbons (Fsp3) is 0.654. The maximum atomic E-state index is 12.9. The number of methoxy groups -OCH3 is 1. The molecule has 0 aromatic heterocycles. The fourth-order valence-corrected chi connectivity index (χ4v) is 7.95. The van der Waals surface area contributed by atoms with Crippen LogP contribution in [0.15, 0.2) is 24.3 Å². The summed E-state index contributed by atoms with van der Waals surface area (Å²) in [6.07, 6.45) is 9.37. The van der Waals surface area contributed by atoms with Gasteiger partial charge in [0.05, 0.1) is 17.9 Å². The minimum atomic E-state index is -0.720. The number of ketones is 1. The van der Waals surface area contributed by atoms with Gasteiger partial charge in [-0.3, -0.25) is 4.79 Å². The summed E-state index contributed by atoms with van der Waals surface area (Å²) in [5.41, 5.74) is 1.75. The number of hydrogen-bond acceptors (Lipinski definition) is 5. The van der Waals surface area contributed by atoms with Crippen molar-refractivity contribution in [1.29, 1.82) is 0 Å². The molecular formula is C26H33NO4. The van der Waals surface area contributed by atoms with Crippen LogP contribution in [0.3, 0.4) is 0 Å². The van der Waals surface area contributed by atoms with Crippen LogP contribution in [0, 0.1) is 11.3 Å². The van der Waals surface area contributed by atoms with Gasteiger partial charge in [0.15, 0.2) is 11.5 Å². The van der Waals surface area contributed by atoms with Gasteiger partial charge >= 0.3 is 0 Å². The number of nitrogens with zero attached hydrogens (tertiary/aromatic N) is 1. The first-order valence-electron chi connectivity index (χ1n) is 11.9. The Kier molecular flexibility index (Phi) is 4.06. The van der Waals surface area contributed by atoms with Gasteiger partial charge in [-0.2, -0.15) is 0 Å². The molecule has 1 saturated carbocycles. The zero-order valence-electron chi connectivity index (χ0n) is 19.1. The molecule has 5 nitrogen and oxygen atoms in total. The molecule has 1 unspecified atom stereocenters. The number of Topliss-reactive ketones (excluding diaryl/α,β-unsaturated/α-hetero) is 1. The summed E-state index contributed by atoms with van der Waals surface area (Å²) >= 11 is 0. The van der Waals surface area contributed by atoms with Gasteiger partial charge in [0, 0.05) is 24.1 Å². The highest BCUT2D eigenvalue weighted by Gasteiger charge is 2.79. The number of fused-ring (bicyclic) bond motifs is 1. The van der Waals surface area contributed by atoms with Crippen molar-refractivity contribution in [3.63, 3.8) is 0 Å². The molecule has 1 aromatic carbocycles. The van der Waals surface area contributed by atoms with Crippen LogP contribution in [-0.2, 0) is 21.4 Å². The number of likely N-dealkylation sites (tertiary alicyclic amines) is 1. The molecule has 0 N–H and O–H groups in total. The Morgan fingerprint density at radius 2 is 2.16 bits per heavy atom. The molecule has 2 aliphatic heterocycles. The molecule has 4 bridgehead atoms. The van der Waals surface area contributed by atoms with Crippen molar-refractivity contribution in [2.75, 3.05) is 27.3 Å². The van der Waals surface area contributed by atoms with Crippen LogP contribution in [0.25, 0.3) is 0 Å². The van der Waals surface area contributed by atoms with Gasteiger partial charge in [-0.15, -0.1) is 0 Å². The van der Waals surface area contributed by atoms with Gasteiger partial charge < -0.3 is 19.1 Å². The van der Waals surface area contributed by atoms with Gasteiger partial charge in [0.2, 0.25) is 0 Å². The molecule has 1 aromatic rings. The molecule has 2 heterocycles. The molecule has 6 atom stereocenters. The third-order valence-electron chi connectivity index (χ3n) is 9.30. The highest BCUT2D eigenvalue weighted by molar-refractivity contribution is 5.82. The predicted octanol–water partition coefficient (Wildman–Crippen LogP) is 3.67. The Hall–Kier alpha value is -1.85. The minimum Gasteiger partial charge on any atom is -0.490 e. The molecule has 2 fully saturated rings. The highest BCUT2D eigenvalue weighted by atomic mass is 16.6. The van der Waals surface area contributed by atoms with Gasteiger partial charge in [0.1, 0.15) is 17.5 Å². The van der Waals surface area contributed by atoms with Gasteiger partial charge in [-0.1, -0.05) is 31.6 Å². The lowest BCUT2D eigenvalue weighted by Crippen LogP contribution is -2.79. The molecule has 2 spiro atoms. The summed E-state index contributed by atoms with van der Waals surface area (Å²) in [6, 6.07) is 4.73. The van der Waals surface area contributed by atoms with Crippen LogP contribution in [0.2, 0.25) is 0 Å². The molecule has 4 aliphatic carbocycles. The fourth-order valence-electron chi connectivity index (χ4n) is 7.95. The van der Waals surface area contributed by atoms with E-state index in [-0.39, 0.29) is 28.6 Å². The second-order valence-corrected chi connectivity index (χ2v) is 10.3. The average molecular weight is 424 g/mol. The third-order valence-corrected chi connectivity index (χ3v) is 9.30. The molecule has 0 radical (unpaired) electrons. The van der Waals surface area contributed by atoms with E-state index in [2.05, 4.69) is 43.2 Å². The topological polar surface area (TPSA) is 48.0 Å². The molecule has 5 heteroatoms. The van der Waals surface area contributed by atoms with Crippen LogP contribution in [0.1, 0.15) is 50.7 Å². The standard InChI is InChI=1S/C26H33NO4/c1-5-6-13-30-19-8-7-17-14-20-24-9-10-26(29-4,18(15-24)16(2)28)23-25(24,11-12-27(20)3)21(17)22(19)31-23/h7-10,18,20,23H,5-6,11-15H2,1-4H3/t18?,20-,23-,24-,25+,26-/m1/s1. The largest absolute Gasteiger partial charge is 0.490 e. The maximum absolute atomic E-state index is 12.9. The van der Waals surface area contributed by atoms with Crippen LogP contribution in [-0.4, -0.2) is 55.7 Å². The number of rotatable bonds is 6. The number of ether oxygens (including phenoxy) is 3. The first kappa shape index (κ1) is 19.8. The van der Waals surface area contributed by atoms with E-state index in [1.807, 2.05) is 0 Å². The number of carbonyl (C=O) groups is 1. The average Bonchev–Trinajstić information content (AvgIpc) is 3.14. The molecule has 1 saturated heterocycles. The van der Waals surface area contributed by atoms with Crippen molar-refractivity contribution in [1.82, 2.24) is 4.90 Å². The van der Waals surface area contributed by atoms with Crippen LogP contribution >= 0.6 is 0 Å².